The third-order valence-corrected chi connectivity index (χ3v) is 5.22. The van der Waals surface area contributed by atoms with Crippen LogP contribution in [0.2, 0.25) is 0 Å². The van der Waals surface area contributed by atoms with Gasteiger partial charge in [0.2, 0.25) is 5.91 Å². The molecule has 5 nitrogen and oxygen atoms in total. The number of carbonyl (C=O) groups is 2. The molecule has 3 aromatic carbocycles. The maximum absolute atomic E-state index is 12.9. The lowest BCUT2D eigenvalue weighted by molar-refractivity contribution is -0.137. The molecule has 1 N–H and O–H groups in total. The van der Waals surface area contributed by atoms with Crippen molar-refractivity contribution < 1.29 is 27.5 Å². The van der Waals surface area contributed by atoms with Gasteiger partial charge in [-0.05, 0) is 60.5 Å². The van der Waals surface area contributed by atoms with Crippen molar-refractivity contribution in [1.29, 1.82) is 0 Å². The first kappa shape index (κ1) is 22.4. The van der Waals surface area contributed by atoms with Crippen LogP contribution >= 0.6 is 0 Å². The Labute approximate surface area is 188 Å². The van der Waals surface area contributed by atoms with E-state index in [2.05, 4.69) is 5.32 Å². The van der Waals surface area contributed by atoms with E-state index in [0.29, 0.717) is 24.2 Å². The molecule has 4 rings (SSSR count). The van der Waals surface area contributed by atoms with Crippen molar-refractivity contribution in [3.63, 3.8) is 0 Å². The molecule has 0 saturated carbocycles. The van der Waals surface area contributed by atoms with Crippen LogP contribution in [0.4, 0.5) is 18.9 Å². The summed E-state index contributed by atoms with van der Waals surface area (Å²) < 4.78 is 44.3. The van der Waals surface area contributed by atoms with Gasteiger partial charge in [0.1, 0.15) is 11.5 Å². The van der Waals surface area contributed by atoms with E-state index in [-0.39, 0.29) is 23.3 Å². The number of carbonyl (C=O) groups excluding carboxylic acids is 2. The molecular weight excluding hydrogens is 433 g/mol. The van der Waals surface area contributed by atoms with Crippen LogP contribution in [0.1, 0.15) is 34.3 Å². The molecule has 0 aliphatic carbocycles. The number of ether oxygens (including phenoxy) is 1. The maximum atomic E-state index is 12.9. The Morgan fingerprint density at radius 2 is 1.70 bits per heavy atom. The fraction of sp³-hybridized carbons (Fsp3) is 0.200. The molecule has 0 radical (unpaired) electrons. The smallest absolute Gasteiger partial charge is 0.416 e. The van der Waals surface area contributed by atoms with Gasteiger partial charge in [-0.1, -0.05) is 24.3 Å². The van der Waals surface area contributed by atoms with Crippen molar-refractivity contribution in [3.05, 3.63) is 89.5 Å². The molecule has 1 fully saturated rings. The molecule has 0 bridgehead atoms. The van der Waals surface area contributed by atoms with Gasteiger partial charge < -0.3 is 15.0 Å². The molecule has 3 aromatic rings. The molecule has 2 amide bonds. The van der Waals surface area contributed by atoms with Gasteiger partial charge >= 0.3 is 6.18 Å². The van der Waals surface area contributed by atoms with Gasteiger partial charge in [-0.2, -0.15) is 13.2 Å². The summed E-state index contributed by atoms with van der Waals surface area (Å²) in [6, 6.07) is 18.0. The standard InChI is InChI=1S/C25H21F3N2O3/c26-25(27,28)19-7-3-10-22(15-19)33-21-9-2-6-18(14-21)24(32)29-20-8-1-5-17(13-20)16-30-12-4-11-23(30)31/h1-3,5-10,13-15H,4,11-12,16H2,(H,29,32). The Morgan fingerprint density at radius 3 is 2.42 bits per heavy atom. The number of benzene rings is 3. The van der Waals surface area contributed by atoms with Gasteiger partial charge in [-0.3, -0.25) is 9.59 Å². The van der Waals surface area contributed by atoms with Gasteiger partial charge in [0, 0.05) is 30.8 Å². The van der Waals surface area contributed by atoms with E-state index in [1.54, 1.807) is 35.2 Å². The number of nitrogens with zero attached hydrogens (tertiary/aromatic N) is 1. The molecule has 33 heavy (non-hydrogen) atoms. The lowest BCUT2D eigenvalue weighted by Crippen LogP contribution is -2.23. The number of hydrogen-bond donors (Lipinski definition) is 1. The summed E-state index contributed by atoms with van der Waals surface area (Å²) in [6.07, 6.45) is -3.05. The predicted octanol–water partition coefficient (Wildman–Crippen LogP) is 5.87. The van der Waals surface area contributed by atoms with Gasteiger partial charge in [0.25, 0.3) is 5.91 Å². The molecule has 0 aromatic heterocycles. The zero-order valence-electron chi connectivity index (χ0n) is 17.6. The number of hydrogen-bond acceptors (Lipinski definition) is 3. The number of halogens is 3. The second-order valence-electron chi connectivity index (χ2n) is 7.73. The molecule has 8 heteroatoms. The number of nitrogens with one attached hydrogen (secondary N) is 1. The molecule has 1 saturated heterocycles. The lowest BCUT2D eigenvalue weighted by Gasteiger charge is -2.16. The van der Waals surface area contributed by atoms with Crippen LogP contribution in [-0.2, 0) is 17.5 Å². The van der Waals surface area contributed by atoms with E-state index in [1.165, 1.54) is 18.2 Å². The highest BCUT2D eigenvalue weighted by molar-refractivity contribution is 6.04. The van der Waals surface area contributed by atoms with Crippen LogP contribution < -0.4 is 10.1 Å². The molecular formula is C25H21F3N2O3. The summed E-state index contributed by atoms with van der Waals surface area (Å²) in [6.45, 7) is 1.22. The number of amides is 2. The van der Waals surface area contributed by atoms with E-state index in [1.807, 2.05) is 12.1 Å². The van der Waals surface area contributed by atoms with Crippen LogP contribution in [0.15, 0.2) is 72.8 Å². The quantitative estimate of drug-likeness (QED) is 0.507. The van der Waals surface area contributed by atoms with Crippen LogP contribution in [-0.4, -0.2) is 23.3 Å². The highest BCUT2D eigenvalue weighted by Gasteiger charge is 2.30. The molecule has 0 atom stereocenters. The van der Waals surface area contributed by atoms with E-state index in [9.17, 15) is 22.8 Å². The topological polar surface area (TPSA) is 58.6 Å². The van der Waals surface area contributed by atoms with Crippen molar-refractivity contribution in [1.82, 2.24) is 4.90 Å². The van der Waals surface area contributed by atoms with Crippen molar-refractivity contribution in [3.8, 4) is 11.5 Å². The minimum atomic E-state index is -4.47. The Balaban J connectivity index is 1.44. The highest BCUT2D eigenvalue weighted by atomic mass is 19.4. The average Bonchev–Trinajstić information content (AvgIpc) is 3.18. The fourth-order valence-corrected chi connectivity index (χ4v) is 3.62. The highest BCUT2D eigenvalue weighted by Crippen LogP contribution is 2.33. The summed E-state index contributed by atoms with van der Waals surface area (Å²) in [7, 11) is 0. The largest absolute Gasteiger partial charge is 0.457 e. The summed E-state index contributed by atoms with van der Waals surface area (Å²) in [5, 5.41) is 2.81. The van der Waals surface area contributed by atoms with Crippen molar-refractivity contribution in [2.75, 3.05) is 11.9 Å². The molecule has 1 heterocycles. The summed E-state index contributed by atoms with van der Waals surface area (Å²) in [4.78, 5) is 26.4. The third-order valence-electron chi connectivity index (χ3n) is 5.22. The number of anilines is 1. The average molecular weight is 454 g/mol. The van der Waals surface area contributed by atoms with Crippen molar-refractivity contribution in [2.24, 2.45) is 0 Å². The minimum absolute atomic E-state index is 0.0199. The first-order valence-corrected chi connectivity index (χ1v) is 10.4. The van der Waals surface area contributed by atoms with Gasteiger partial charge in [0.05, 0.1) is 5.56 Å². The molecule has 0 spiro atoms. The molecule has 1 aliphatic rings. The normalized spacial score (nSPS) is 13.8. The Morgan fingerprint density at radius 1 is 0.970 bits per heavy atom. The van der Waals surface area contributed by atoms with Crippen LogP contribution in [0.5, 0.6) is 11.5 Å². The lowest BCUT2D eigenvalue weighted by atomic mass is 10.1. The Hall–Kier alpha value is -3.81. The van der Waals surface area contributed by atoms with Crippen molar-refractivity contribution >= 4 is 17.5 Å². The predicted molar refractivity (Wildman–Crippen MR) is 117 cm³/mol. The number of likely N-dealkylation sites (tertiary alicyclic amines) is 1. The maximum Gasteiger partial charge on any atom is 0.416 e. The van der Waals surface area contributed by atoms with Gasteiger partial charge in [-0.25, -0.2) is 0 Å². The van der Waals surface area contributed by atoms with E-state index < -0.39 is 11.7 Å². The monoisotopic (exact) mass is 454 g/mol. The van der Waals surface area contributed by atoms with E-state index >= 15 is 0 Å². The van der Waals surface area contributed by atoms with Crippen molar-refractivity contribution in [2.45, 2.75) is 25.6 Å². The molecule has 1 aliphatic heterocycles. The minimum Gasteiger partial charge on any atom is -0.457 e. The second kappa shape index (κ2) is 9.36. The summed E-state index contributed by atoms with van der Waals surface area (Å²) >= 11 is 0. The third kappa shape index (κ3) is 5.71. The summed E-state index contributed by atoms with van der Waals surface area (Å²) in [5.41, 5.74) is 0.960. The molecule has 0 unspecified atom stereocenters. The zero-order chi connectivity index (χ0) is 23.4. The fourth-order valence-electron chi connectivity index (χ4n) is 3.62. The molecule has 170 valence electrons. The zero-order valence-corrected chi connectivity index (χ0v) is 17.6. The van der Waals surface area contributed by atoms with Crippen LogP contribution in [0.25, 0.3) is 0 Å². The van der Waals surface area contributed by atoms with Crippen LogP contribution in [0.3, 0.4) is 0 Å². The second-order valence-corrected chi connectivity index (χ2v) is 7.73. The number of rotatable bonds is 6. The SMILES string of the molecule is O=C(Nc1cccc(CN2CCCC2=O)c1)c1cccc(Oc2cccc(C(F)(F)F)c2)c1. The van der Waals surface area contributed by atoms with E-state index in [4.69, 9.17) is 4.74 Å². The number of alkyl halides is 3. The summed E-state index contributed by atoms with van der Waals surface area (Å²) in [5.74, 6) is -0.00395. The van der Waals surface area contributed by atoms with Gasteiger partial charge in [-0.15, -0.1) is 0 Å². The van der Waals surface area contributed by atoms with E-state index in [0.717, 1.165) is 30.7 Å². The first-order chi connectivity index (χ1) is 15.8. The van der Waals surface area contributed by atoms with Crippen LogP contribution in [0, 0.1) is 0 Å². The first-order valence-electron chi connectivity index (χ1n) is 10.4. The Kier molecular flexibility index (Phi) is 6.35. The van der Waals surface area contributed by atoms with Gasteiger partial charge in [0.15, 0.2) is 0 Å². The Bertz CT molecular complexity index is 1180.